The monoisotopic (exact) mass is 395 g/mol. The summed E-state index contributed by atoms with van der Waals surface area (Å²) in [4.78, 5) is 12.2. The van der Waals surface area contributed by atoms with Gasteiger partial charge in [0.1, 0.15) is 17.4 Å². The van der Waals surface area contributed by atoms with Gasteiger partial charge in [0.05, 0.1) is 5.56 Å². The molecule has 0 saturated heterocycles. The van der Waals surface area contributed by atoms with E-state index in [0.717, 1.165) is 24.3 Å². The first-order valence-electron chi connectivity index (χ1n) is 8.15. The molecule has 0 aliphatic rings. The minimum atomic E-state index is -4.50. The molecule has 8 heteroatoms. The Morgan fingerprint density at radius 2 is 1.71 bits per heavy atom. The van der Waals surface area contributed by atoms with E-state index in [1.54, 1.807) is 0 Å². The summed E-state index contributed by atoms with van der Waals surface area (Å²) in [5.41, 5.74) is -0.571. The van der Waals surface area contributed by atoms with Crippen LogP contribution in [0, 0.1) is 18.6 Å². The number of alkyl halides is 3. The molecule has 0 saturated carbocycles. The molecule has 0 spiro atoms. The lowest BCUT2D eigenvalue weighted by Gasteiger charge is -2.07. The van der Waals surface area contributed by atoms with Crippen molar-refractivity contribution < 1.29 is 31.2 Å². The molecular weight excluding hydrogens is 381 g/mol. The number of carbonyl (C=O) groups is 1. The standard InChI is InChI=1S/C20H14F5NO2/c1-11-15(21)7-12(8-16(11)22)10-26-19(27)18-6-5-17(28-18)13-3-2-4-14(9-13)20(23,24)25/h2-9H,10H2,1H3,(H,26,27). The van der Waals surface area contributed by atoms with E-state index in [2.05, 4.69) is 5.32 Å². The molecule has 0 radical (unpaired) electrons. The van der Waals surface area contributed by atoms with Gasteiger partial charge in [0.15, 0.2) is 5.76 Å². The number of furan rings is 1. The fourth-order valence-electron chi connectivity index (χ4n) is 2.53. The highest BCUT2D eigenvalue weighted by atomic mass is 19.4. The highest BCUT2D eigenvalue weighted by Crippen LogP contribution is 2.32. The van der Waals surface area contributed by atoms with Crippen LogP contribution in [0.4, 0.5) is 22.0 Å². The summed E-state index contributed by atoms with van der Waals surface area (Å²) < 4.78 is 70.9. The Labute approximate surface area is 156 Å². The lowest BCUT2D eigenvalue weighted by atomic mass is 10.1. The molecule has 0 aliphatic heterocycles. The number of amides is 1. The number of halogens is 5. The van der Waals surface area contributed by atoms with E-state index >= 15 is 0 Å². The van der Waals surface area contributed by atoms with Crippen molar-refractivity contribution in [3.63, 3.8) is 0 Å². The van der Waals surface area contributed by atoms with Crippen LogP contribution in [0.5, 0.6) is 0 Å². The Morgan fingerprint density at radius 3 is 2.36 bits per heavy atom. The van der Waals surface area contributed by atoms with E-state index in [-0.39, 0.29) is 34.8 Å². The Hall–Kier alpha value is -3.16. The predicted octanol–water partition coefficient (Wildman–Crippen LogP) is 5.48. The van der Waals surface area contributed by atoms with Gasteiger partial charge < -0.3 is 9.73 Å². The first kappa shape index (κ1) is 19.6. The number of rotatable bonds is 4. The quantitative estimate of drug-likeness (QED) is 0.595. The molecule has 0 bridgehead atoms. The van der Waals surface area contributed by atoms with Crippen molar-refractivity contribution in [1.29, 1.82) is 0 Å². The van der Waals surface area contributed by atoms with E-state index in [4.69, 9.17) is 4.42 Å². The largest absolute Gasteiger partial charge is 0.451 e. The molecule has 2 aromatic carbocycles. The highest BCUT2D eigenvalue weighted by Gasteiger charge is 2.30. The molecule has 0 unspecified atom stereocenters. The third-order valence-corrected chi connectivity index (χ3v) is 4.10. The highest BCUT2D eigenvalue weighted by molar-refractivity contribution is 5.92. The first-order chi connectivity index (χ1) is 13.1. The smallest absolute Gasteiger partial charge is 0.416 e. The van der Waals surface area contributed by atoms with Gasteiger partial charge in [-0.15, -0.1) is 0 Å². The molecule has 146 valence electrons. The maximum absolute atomic E-state index is 13.5. The summed E-state index contributed by atoms with van der Waals surface area (Å²) in [7, 11) is 0. The van der Waals surface area contributed by atoms with Crippen molar-refractivity contribution in [2.24, 2.45) is 0 Å². The summed E-state index contributed by atoms with van der Waals surface area (Å²) in [5, 5.41) is 2.44. The van der Waals surface area contributed by atoms with Crippen molar-refractivity contribution in [3.8, 4) is 11.3 Å². The maximum atomic E-state index is 13.5. The first-order valence-corrected chi connectivity index (χ1v) is 8.15. The van der Waals surface area contributed by atoms with Crippen LogP contribution in [0.15, 0.2) is 52.9 Å². The minimum absolute atomic E-state index is 0.0867. The van der Waals surface area contributed by atoms with Crippen LogP contribution in [0.3, 0.4) is 0 Å². The fourth-order valence-corrected chi connectivity index (χ4v) is 2.53. The Bertz CT molecular complexity index is 1000. The molecule has 0 atom stereocenters. The van der Waals surface area contributed by atoms with Gasteiger partial charge in [0, 0.05) is 17.7 Å². The van der Waals surface area contributed by atoms with Gasteiger partial charge in [-0.05, 0) is 48.9 Å². The third kappa shape index (κ3) is 4.21. The molecule has 0 fully saturated rings. The number of hydrogen-bond donors (Lipinski definition) is 1. The van der Waals surface area contributed by atoms with Crippen LogP contribution in [0.2, 0.25) is 0 Å². The Kier molecular flexibility index (Phi) is 5.22. The van der Waals surface area contributed by atoms with Gasteiger partial charge in [-0.1, -0.05) is 12.1 Å². The molecule has 0 aliphatic carbocycles. The second-order valence-electron chi connectivity index (χ2n) is 6.11. The second kappa shape index (κ2) is 7.46. The van der Waals surface area contributed by atoms with Crippen molar-refractivity contribution in [2.45, 2.75) is 19.6 Å². The molecular formula is C20H14F5NO2. The van der Waals surface area contributed by atoms with Gasteiger partial charge >= 0.3 is 6.18 Å². The van der Waals surface area contributed by atoms with Gasteiger partial charge in [0.25, 0.3) is 5.91 Å². The Morgan fingerprint density at radius 1 is 1.04 bits per heavy atom. The third-order valence-electron chi connectivity index (χ3n) is 4.10. The van der Waals surface area contributed by atoms with E-state index < -0.39 is 29.3 Å². The van der Waals surface area contributed by atoms with E-state index in [0.29, 0.717) is 0 Å². The zero-order valence-electron chi connectivity index (χ0n) is 14.5. The van der Waals surface area contributed by atoms with Gasteiger partial charge in [0.2, 0.25) is 0 Å². The fraction of sp³-hybridized carbons (Fsp3) is 0.150. The number of carbonyl (C=O) groups excluding carboxylic acids is 1. The van der Waals surface area contributed by atoms with Crippen molar-refractivity contribution in [3.05, 3.63) is 82.6 Å². The van der Waals surface area contributed by atoms with Crippen molar-refractivity contribution in [2.75, 3.05) is 0 Å². The Balaban J connectivity index is 1.73. The molecule has 1 N–H and O–H groups in total. The zero-order valence-corrected chi connectivity index (χ0v) is 14.5. The molecule has 3 nitrogen and oxygen atoms in total. The molecule has 1 aromatic heterocycles. The van der Waals surface area contributed by atoms with Crippen LogP contribution in [-0.4, -0.2) is 5.91 Å². The summed E-state index contributed by atoms with van der Waals surface area (Å²) in [6.07, 6.45) is -4.50. The molecule has 1 amide bonds. The van der Waals surface area contributed by atoms with E-state index in [1.165, 1.54) is 31.2 Å². The van der Waals surface area contributed by atoms with Crippen LogP contribution < -0.4 is 5.32 Å². The van der Waals surface area contributed by atoms with Gasteiger partial charge in [-0.2, -0.15) is 13.2 Å². The average Bonchev–Trinajstić information content (AvgIpc) is 3.14. The molecule has 1 heterocycles. The minimum Gasteiger partial charge on any atom is -0.451 e. The van der Waals surface area contributed by atoms with Gasteiger partial charge in [-0.25, -0.2) is 8.78 Å². The number of hydrogen-bond acceptors (Lipinski definition) is 2. The van der Waals surface area contributed by atoms with E-state index in [9.17, 15) is 26.7 Å². The average molecular weight is 395 g/mol. The van der Waals surface area contributed by atoms with Crippen LogP contribution in [-0.2, 0) is 12.7 Å². The normalized spacial score (nSPS) is 11.5. The van der Waals surface area contributed by atoms with Gasteiger partial charge in [-0.3, -0.25) is 4.79 Å². The SMILES string of the molecule is Cc1c(F)cc(CNC(=O)c2ccc(-c3cccc(C(F)(F)F)c3)o2)cc1F. The summed E-state index contributed by atoms with van der Waals surface area (Å²) in [5.74, 6) is -2.17. The summed E-state index contributed by atoms with van der Waals surface area (Å²) >= 11 is 0. The molecule has 3 aromatic rings. The van der Waals surface area contributed by atoms with Crippen LogP contribution >= 0.6 is 0 Å². The number of benzene rings is 2. The van der Waals surface area contributed by atoms with E-state index in [1.807, 2.05) is 0 Å². The zero-order chi connectivity index (χ0) is 20.5. The second-order valence-corrected chi connectivity index (χ2v) is 6.11. The lowest BCUT2D eigenvalue weighted by molar-refractivity contribution is -0.137. The number of nitrogens with one attached hydrogen (secondary N) is 1. The van der Waals surface area contributed by atoms with Crippen molar-refractivity contribution >= 4 is 5.91 Å². The molecule has 3 rings (SSSR count). The molecule has 28 heavy (non-hydrogen) atoms. The van der Waals surface area contributed by atoms with Crippen LogP contribution in [0.25, 0.3) is 11.3 Å². The topological polar surface area (TPSA) is 42.2 Å². The van der Waals surface area contributed by atoms with Crippen molar-refractivity contribution in [1.82, 2.24) is 5.32 Å². The lowest BCUT2D eigenvalue weighted by Crippen LogP contribution is -2.22. The summed E-state index contributed by atoms with van der Waals surface area (Å²) in [6, 6.07) is 9.40. The predicted molar refractivity (Wildman–Crippen MR) is 91.4 cm³/mol. The van der Waals surface area contributed by atoms with Crippen LogP contribution in [0.1, 0.15) is 27.2 Å². The maximum Gasteiger partial charge on any atom is 0.416 e. The summed E-state index contributed by atoms with van der Waals surface area (Å²) in [6.45, 7) is 1.15.